The first-order valence-corrected chi connectivity index (χ1v) is 20.5. The van der Waals surface area contributed by atoms with Gasteiger partial charge in [-0.1, -0.05) is 52.6 Å². The van der Waals surface area contributed by atoms with Crippen LogP contribution in [0.5, 0.6) is 0 Å². The van der Waals surface area contributed by atoms with Gasteiger partial charge in [0.15, 0.2) is 0 Å². The fraction of sp³-hybridized carbons (Fsp3) is 1.00. The van der Waals surface area contributed by atoms with Gasteiger partial charge in [-0.05, 0) is 49.5 Å². The SMILES string of the molecule is CCC(CCC1CN(CC[Si](C)(C)C)CN(CC[Si](C)(C)C)C1)[SiH](OC)OC. The number of rotatable bonds is 13. The van der Waals surface area contributed by atoms with Gasteiger partial charge in [-0.2, -0.15) is 0 Å². The lowest BCUT2D eigenvalue weighted by Gasteiger charge is -2.42. The Bertz CT molecular complexity index is 397. The lowest BCUT2D eigenvalue weighted by molar-refractivity contribution is 0.0507. The van der Waals surface area contributed by atoms with E-state index in [-0.39, 0.29) is 0 Å². The van der Waals surface area contributed by atoms with Crippen LogP contribution in [-0.4, -0.2) is 82.3 Å². The van der Waals surface area contributed by atoms with E-state index in [0.717, 1.165) is 5.92 Å². The minimum absolute atomic E-state index is 0.641. The van der Waals surface area contributed by atoms with Crippen LogP contribution in [0.2, 0.25) is 56.9 Å². The molecule has 168 valence electrons. The third-order valence-electron chi connectivity index (χ3n) is 6.11. The first kappa shape index (κ1) is 26.5. The van der Waals surface area contributed by atoms with Crippen molar-refractivity contribution in [3.63, 3.8) is 0 Å². The molecule has 0 aromatic carbocycles. The zero-order valence-electron chi connectivity index (χ0n) is 20.5. The van der Waals surface area contributed by atoms with E-state index in [1.807, 2.05) is 14.2 Å². The highest BCUT2D eigenvalue weighted by Gasteiger charge is 2.29. The van der Waals surface area contributed by atoms with Crippen LogP contribution in [0.15, 0.2) is 0 Å². The molecule has 1 unspecified atom stereocenters. The Labute approximate surface area is 180 Å². The predicted octanol–water partition coefficient (Wildman–Crippen LogP) is 4.93. The van der Waals surface area contributed by atoms with Crippen LogP contribution in [0.4, 0.5) is 0 Å². The summed E-state index contributed by atoms with van der Waals surface area (Å²) in [6.45, 7) is 23.7. The van der Waals surface area contributed by atoms with E-state index in [1.165, 1.54) is 64.2 Å². The molecule has 7 heteroatoms. The highest BCUT2D eigenvalue weighted by atomic mass is 28.3. The number of hydrogen-bond donors (Lipinski definition) is 0. The Morgan fingerprint density at radius 2 is 1.36 bits per heavy atom. The van der Waals surface area contributed by atoms with Gasteiger partial charge in [-0.15, -0.1) is 0 Å². The smallest absolute Gasteiger partial charge is 0.324 e. The van der Waals surface area contributed by atoms with Crippen molar-refractivity contribution < 1.29 is 8.85 Å². The molecule has 1 aliphatic heterocycles. The van der Waals surface area contributed by atoms with Gasteiger partial charge in [0.2, 0.25) is 0 Å². The Balaban J connectivity index is 2.67. The fourth-order valence-electron chi connectivity index (χ4n) is 4.14. The molecule has 0 spiro atoms. The van der Waals surface area contributed by atoms with E-state index < -0.39 is 25.4 Å². The molecule has 0 aromatic rings. The summed E-state index contributed by atoms with van der Waals surface area (Å²) < 4.78 is 11.4. The van der Waals surface area contributed by atoms with Crippen LogP contribution in [0.3, 0.4) is 0 Å². The zero-order chi connectivity index (χ0) is 21.4. The fourth-order valence-corrected chi connectivity index (χ4v) is 7.93. The Hall–Kier alpha value is 0.491. The average molecular weight is 447 g/mol. The second-order valence-corrected chi connectivity index (χ2v) is 25.2. The van der Waals surface area contributed by atoms with Crippen molar-refractivity contribution in [2.24, 2.45) is 5.92 Å². The maximum Gasteiger partial charge on any atom is 0.324 e. The number of hydrogen-bond acceptors (Lipinski definition) is 4. The van der Waals surface area contributed by atoms with Gasteiger partial charge >= 0.3 is 9.28 Å². The number of nitrogens with zero attached hydrogens (tertiary/aromatic N) is 2. The quantitative estimate of drug-likeness (QED) is 0.375. The molecular formula is C21H50N2O2Si3. The van der Waals surface area contributed by atoms with Crippen molar-refractivity contribution in [2.75, 3.05) is 47.1 Å². The maximum absolute atomic E-state index is 5.69. The van der Waals surface area contributed by atoms with Crippen molar-refractivity contribution in [1.82, 2.24) is 9.80 Å². The molecule has 1 atom stereocenters. The predicted molar refractivity (Wildman–Crippen MR) is 132 cm³/mol. The summed E-state index contributed by atoms with van der Waals surface area (Å²) in [7, 11) is 0.205. The Kier molecular flexibility index (Phi) is 11.7. The van der Waals surface area contributed by atoms with Gasteiger partial charge in [0.25, 0.3) is 0 Å². The lowest BCUT2D eigenvalue weighted by atomic mass is 9.98. The first-order valence-electron chi connectivity index (χ1n) is 11.5. The highest BCUT2D eigenvalue weighted by Crippen LogP contribution is 2.28. The molecule has 1 heterocycles. The standard InChI is InChI=1S/C21H50N2O2Si3/c1-10-21(26(24-2)25-3)12-11-20-17-22(13-15-27(4,5)6)19-23(18-20)14-16-28(7,8)9/h20-21,26H,10-19H2,1-9H3. The summed E-state index contributed by atoms with van der Waals surface area (Å²) in [5.41, 5.74) is 0.641. The van der Waals surface area contributed by atoms with E-state index in [0.29, 0.717) is 5.54 Å². The molecule has 0 radical (unpaired) electrons. The lowest BCUT2D eigenvalue weighted by Crippen LogP contribution is -2.51. The van der Waals surface area contributed by atoms with Gasteiger partial charge in [0.05, 0.1) is 6.67 Å². The molecule has 0 N–H and O–H groups in total. The molecule has 0 aromatic heterocycles. The second kappa shape index (κ2) is 12.4. The normalized spacial score (nSPS) is 19.5. The van der Waals surface area contributed by atoms with Gasteiger partial charge in [0.1, 0.15) is 0 Å². The van der Waals surface area contributed by atoms with Crippen LogP contribution < -0.4 is 0 Å². The molecule has 4 nitrogen and oxygen atoms in total. The molecule has 1 aliphatic rings. The van der Waals surface area contributed by atoms with E-state index in [9.17, 15) is 0 Å². The van der Waals surface area contributed by atoms with Crippen molar-refractivity contribution in [2.45, 2.75) is 83.1 Å². The third-order valence-corrected chi connectivity index (χ3v) is 12.1. The van der Waals surface area contributed by atoms with Crippen molar-refractivity contribution in [3.8, 4) is 0 Å². The van der Waals surface area contributed by atoms with E-state index in [4.69, 9.17) is 8.85 Å². The largest absolute Gasteiger partial charge is 0.400 e. The van der Waals surface area contributed by atoms with Crippen molar-refractivity contribution >= 4 is 25.4 Å². The molecule has 28 heavy (non-hydrogen) atoms. The van der Waals surface area contributed by atoms with E-state index in [2.05, 4.69) is 56.0 Å². The summed E-state index contributed by atoms with van der Waals surface area (Å²) in [6, 6.07) is 2.84. The Morgan fingerprint density at radius 3 is 1.71 bits per heavy atom. The molecule has 0 amide bonds. The minimum atomic E-state index is -1.50. The second-order valence-electron chi connectivity index (χ2n) is 11.4. The van der Waals surface area contributed by atoms with E-state index >= 15 is 0 Å². The van der Waals surface area contributed by atoms with Gasteiger partial charge in [-0.25, -0.2) is 0 Å². The Morgan fingerprint density at radius 1 is 0.893 bits per heavy atom. The topological polar surface area (TPSA) is 24.9 Å². The summed E-state index contributed by atoms with van der Waals surface area (Å²) >= 11 is 0. The molecular weight excluding hydrogens is 397 g/mol. The van der Waals surface area contributed by atoms with Crippen molar-refractivity contribution in [3.05, 3.63) is 0 Å². The first-order chi connectivity index (χ1) is 13.0. The summed E-state index contributed by atoms with van der Waals surface area (Å²) in [4.78, 5) is 5.53. The van der Waals surface area contributed by atoms with E-state index in [1.54, 1.807) is 0 Å². The van der Waals surface area contributed by atoms with Crippen LogP contribution in [0.25, 0.3) is 0 Å². The van der Waals surface area contributed by atoms with Gasteiger partial charge in [-0.3, -0.25) is 9.80 Å². The molecule has 1 fully saturated rings. The summed E-state index contributed by atoms with van der Waals surface area (Å²) in [5.74, 6) is 0.800. The molecule has 0 aliphatic carbocycles. The van der Waals surface area contributed by atoms with Crippen LogP contribution in [-0.2, 0) is 8.85 Å². The maximum atomic E-state index is 5.69. The summed E-state index contributed by atoms with van der Waals surface area (Å²) in [6.07, 6.45) is 3.77. The monoisotopic (exact) mass is 446 g/mol. The molecule has 0 saturated carbocycles. The van der Waals surface area contributed by atoms with Gasteiger partial charge < -0.3 is 8.85 Å². The average Bonchev–Trinajstić information content (AvgIpc) is 2.60. The summed E-state index contributed by atoms with van der Waals surface area (Å²) in [5, 5.41) is 0. The highest BCUT2D eigenvalue weighted by molar-refractivity contribution is 6.76. The van der Waals surface area contributed by atoms with Crippen LogP contribution in [0, 0.1) is 5.92 Å². The third kappa shape index (κ3) is 11.0. The van der Waals surface area contributed by atoms with Crippen LogP contribution >= 0.6 is 0 Å². The molecule has 1 saturated heterocycles. The minimum Gasteiger partial charge on any atom is -0.400 e. The van der Waals surface area contributed by atoms with Crippen LogP contribution in [0.1, 0.15) is 26.2 Å². The van der Waals surface area contributed by atoms with Crippen molar-refractivity contribution in [1.29, 1.82) is 0 Å². The molecule has 0 bridgehead atoms. The molecule has 1 rings (SSSR count). The van der Waals surface area contributed by atoms with Gasteiger partial charge in [0, 0.05) is 43.5 Å². The zero-order valence-corrected chi connectivity index (χ0v) is 23.7.